The van der Waals surface area contributed by atoms with Gasteiger partial charge in [0.1, 0.15) is 23.1 Å². The summed E-state index contributed by atoms with van der Waals surface area (Å²) in [5, 5.41) is 22.0. The molecule has 0 aliphatic heterocycles. The maximum absolute atomic E-state index is 12.2. The van der Waals surface area contributed by atoms with E-state index in [4.69, 9.17) is 8.83 Å². The van der Waals surface area contributed by atoms with Crippen molar-refractivity contribution in [1.82, 2.24) is 0 Å². The minimum Gasteiger partial charge on any atom is -0.542 e. The zero-order valence-corrected chi connectivity index (χ0v) is 17.3. The van der Waals surface area contributed by atoms with E-state index in [0.717, 1.165) is 12.1 Å². The Bertz CT molecular complexity index is 1070. The van der Waals surface area contributed by atoms with Crippen LogP contribution in [0.4, 0.5) is 0 Å². The molecule has 0 bridgehead atoms. The molecule has 0 fully saturated rings. The molecule has 29 heavy (non-hydrogen) atoms. The van der Waals surface area contributed by atoms with E-state index in [0.29, 0.717) is 6.42 Å². The van der Waals surface area contributed by atoms with Gasteiger partial charge in [-0.3, -0.25) is 9.59 Å². The van der Waals surface area contributed by atoms with Crippen molar-refractivity contribution in [3.63, 3.8) is 0 Å². The Balaban J connectivity index is 0. The summed E-state index contributed by atoms with van der Waals surface area (Å²) in [5.74, 6) is -4.70. The third kappa shape index (κ3) is 5.21. The van der Waals surface area contributed by atoms with Crippen LogP contribution >= 0.6 is 0 Å². The molecule has 11 nitrogen and oxygen atoms in total. The SMILES string of the molecule is CCCc1c2oc(C(=O)[O-])cc(=O)c2cc2c(=O)cc(C(=O)[O-])oc12.O.O.O.[Ca+2]. The number of rotatable bonds is 4. The van der Waals surface area contributed by atoms with E-state index < -0.39 is 34.3 Å². The standard InChI is InChI=1S/C17H12O8.Ca.3H2O/c1-2-3-7-14-8(10(18)5-12(24-14)16(20)21)4-9-11(19)6-13(17(22)23)25-15(7)9;;;;/h4-6H,2-3H2,1H3,(H,20,21)(H,22,23);;3*1H2/q;+2;;;/p-2. The first-order valence-electron chi connectivity index (χ1n) is 7.33. The molecule has 0 amide bonds. The molecule has 0 atom stereocenters. The number of aromatic carboxylic acids is 2. The van der Waals surface area contributed by atoms with Gasteiger partial charge in [0.05, 0.1) is 10.8 Å². The molecule has 0 radical (unpaired) electrons. The largest absolute Gasteiger partial charge is 2.00 e. The first-order valence-corrected chi connectivity index (χ1v) is 7.33. The molecule has 0 saturated heterocycles. The van der Waals surface area contributed by atoms with Gasteiger partial charge in [0.25, 0.3) is 0 Å². The first-order chi connectivity index (χ1) is 11.8. The van der Waals surface area contributed by atoms with Gasteiger partial charge in [-0.15, -0.1) is 0 Å². The van der Waals surface area contributed by atoms with Crippen LogP contribution in [0.15, 0.2) is 36.6 Å². The summed E-state index contributed by atoms with van der Waals surface area (Å²) in [6, 6.07) is 2.71. The van der Waals surface area contributed by atoms with Crippen LogP contribution in [0.1, 0.15) is 40.0 Å². The molecule has 1 aromatic carbocycles. The zero-order valence-electron chi connectivity index (χ0n) is 15.1. The van der Waals surface area contributed by atoms with Gasteiger partial charge < -0.3 is 45.1 Å². The summed E-state index contributed by atoms with van der Waals surface area (Å²) in [4.78, 5) is 46.5. The summed E-state index contributed by atoms with van der Waals surface area (Å²) < 4.78 is 10.5. The van der Waals surface area contributed by atoms with E-state index in [1.54, 1.807) is 6.92 Å². The number of carbonyl (C=O) groups is 2. The normalized spacial score (nSPS) is 9.55. The van der Waals surface area contributed by atoms with Crippen LogP contribution in [0, 0.1) is 0 Å². The van der Waals surface area contributed by atoms with E-state index in [1.165, 1.54) is 6.07 Å². The Morgan fingerprint density at radius 3 is 1.52 bits per heavy atom. The van der Waals surface area contributed by atoms with Crippen molar-refractivity contribution in [2.75, 3.05) is 0 Å². The van der Waals surface area contributed by atoms with E-state index in [9.17, 15) is 29.4 Å². The summed E-state index contributed by atoms with van der Waals surface area (Å²) >= 11 is 0. The van der Waals surface area contributed by atoms with Gasteiger partial charge in [-0.1, -0.05) is 13.3 Å². The number of carbonyl (C=O) groups excluding carboxylic acids is 2. The third-order valence-electron chi connectivity index (χ3n) is 3.71. The minimum atomic E-state index is -1.67. The van der Waals surface area contributed by atoms with E-state index in [2.05, 4.69) is 0 Å². The van der Waals surface area contributed by atoms with Gasteiger partial charge in [-0.2, -0.15) is 0 Å². The number of benzene rings is 1. The van der Waals surface area contributed by atoms with Crippen molar-refractivity contribution in [2.24, 2.45) is 0 Å². The summed E-state index contributed by atoms with van der Waals surface area (Å²) in [5.41, 5.74) is -1.26. The Hall–Kier alpha value is -2.28. The molecule has 3 rings (SSSR count). The molecule has 0 unspecified atom stereocenters. The van der Waals surface area contributed by atoms with Gasteiger partial charge in [0, 0.05) is 17.7 Å². The van der Waals surface area contributed by atoms with Crippen LogP contribution in [0.25, 0.3) is 21.9 Å². The molecule has 6 N–H and O–H groups in total. The van der Waals surface area contributed by atoms with Gasteiger partial charge in [0.15, 0.2) is 22.4 Å². The quantitative estimate of drug-likeness (QED) is 0.296. The fourth-order valence-electron chi connectivity index (χ4n) is 2.65. The number of hydrogen-bond donors (Lipinski definition) is 0. The number of aryl methyl sites for hydroxylation is 1. The average Bonchev–Trinajstić information content (AvgIpc) is 2.55. The van der Waals surface area contributed by atoms with Gasteiger partial charge >= 0.3 is 37.7 Å². The van der Waals surface area contributed by atoms with Crippen molar-refractivity contribution in [3.05, 3.63) is 55.7 Å². The van der Waals surface area contributed by atoms with Crippen LogP contribution in [0.3, 0.4) is 0 Å². The van der Waals surface area contributed by atoms with Gasteiger partial charge in [-0.05, 0) is 12.5 Å². The van der Waals surface area contributed by atoms with Gasteiger partial charge in [0.2, 0.25) is 0 Å². The summed E-state index contributed by atoms with van der Waals surface area (Å²) in [6.45, 7) is 1.80. The molecular formula is C17H16CaO11. The molecule has 2 heterocycles. The van der Waals surface area contributed by atoms with Crippen molar-refractivity contribution in [2.45, 2.75) is 19.8 Å². The van der Waals surface area contributed by atoms with Crippen molar-refractivity contribution in [3.8, 4) is 0 Å². The van der Waals surface area contributed by atoms with Crippen LogP contribution in [-0.4, -0.2) is 66.1 Å². The second kappa shape index (κ2) is 11.0. The van der Waals surface area contributed by atoms with E-state index in [-0.39, 0.29) is 88.1 Å². The fraction of sp³-hybridized carbons (Fsp3) is 0.176. The van der Waals surface area contributed by atoms with Crippen LogP contribution < -0.4 is 21.1 Å². The number of carboxylic acid groups (broad SMARTS) is 2. The predicted octanol–water partition coefficient (Wildman–Crippen LogP) is -3.28. The van der Waals surface area contributed by atoms with E-state index in [1.807, 2.05) is 0 Å². The molecule has 0 aliphatic carbocycles. The minimum absolute atomic E-state index is 0. The summed E-state index contributed by atoms with van der Waals surface area (Å²) in [7, 11) is 0. The number of fused-ring (bicyclic) bond motifs is 2. The fourth-order valence-corrected chi connectivity index (χ4v) is 2.65. The molecular weight excluding hydrogens is 420 g/mol. The Morgan fingerprint density at radius 1 is 0.828 bits per heavy atom. The molecule has 12 heteroatoms. The molecule has 2 aromatic heterocycles. The van der Waals surface area contributed by atoms with Gasteiger partial charge in [-0.25, -0.2) is 0 Å². The van der Waals surface area contributed by atoms with Crippen molar-refractivity contribution < 1.29 is 45.1 Å². The monoisotopic (exact) mass is 436 g/mol. The number of hydrogen-bond acceptors (Lipinski definition) is 8. The molecule has 3 aromatic rings. The maximum Gasteiger partial charge on any atom is 2.00 e. The third-order valence-corrected chi connectivity index (χ3v) is 3.71. The summed E-state index contributed by atoms with van der Waals surface area (Å²) in [6.07, 6.45) is 0.791. The van der Waals surface area contributed by atoms with Crippen LogP contribution in [0.5, 0.6) is 0 Å². The smallest absolute Gasteiger partial charge is 0.542 e. The van der Waals surface area contributed by atoms with Crippen LogP contribution in [0.2, 0.25) is 0 Å². The van der Waals surface area contributed by atoms with E-state index >= 15 is 0 Å². The molecule has 0 aliphatic rings. The number of carboxylic acids is 2. The maximum atomic E-state index is 12.2. The van der Waals surface area contributed by atoms with Crippen molar-refractivity contribution >= 4 is 71.6 Å². The van der Waals surface area contributed by atoms with Crippen molar-refractivity contribution in [1.29, 1.82) is 0 Å². The predicted molar refractivity (Wildman–Crippen MR) is 97.8 cm³/mol. The zero-order chi connectivity index (χ0) is 18.3. The second-order valence-corrected chi connectivity index (χ2v) is 5.38. The Labute approximate surface area is 191 Å². The topological polar surface area (TPSA) is 235 Å². The first kappa shape index (κ1) is 28.9. The average molecular weight is 436 g/mol. The molecule has 152 valence electrons. The van der Waals surface area contributed by atoms with Crippen LogP contribution in [-0.2, 0) is 6.42 Å². The Kier molecular flexibility index (Phi) is 11.0. The Morgan fingerprint density at radius 2 is 1.21 bits per heavy atom. The molecule has 0 spiro atoms. The second-order valence-electron chi connectivity index (χ2n) is 5.38. The molecule has 0 saturated carbocycles.